The van der Waals surface area contributed by atoms with Gasteiger partial charge in [-0.05, 0) is 38.1 Å². The van der Waals surface area contributed by atoms with Crippen LogP contribution in [0.5, 0.6) is 0 Å². The second-order valence-electron chi connectivity index (χ2n) is 5.67. The van der Waals surface area contributed by atoms with Crippen LogP contribution in [0.3, 0.4) is 0 Å². The van der Waals surface area contributed by atoms with Crippen LogP contribution in [0, 0.1) is 0 Å². The van der Waals surface area contributed by atoms with Crippen LogP contribution in [-0.4, -0.2) is 11.4 Å². The van der Waals surface area contributed by atoms with Crippen LogP contribution in [-0.2, 0) is 0 Å². The summed E-state index contributed by atoms with van der Waals surface area (Å²) in [6.45, 7) is 3.76. The lowest BCUT2D eigenvalue weighted by Gasteiger charge is -1.94. The Kier molecular flexibility index (Phi) is 3.50. The van der Waals surface area contributed by atoms with Crippen LogP contribution in [0.2, 0.25) is 0 Å². The number of fused-ring (bicyclic) bond motifs is 2. The fraction of sp³-hybridized carbons (Fsp3) is 0.100. The number of nitrogens with zero attached hydrogens (tertiary/aromatic N) is 2. The molecule has 0 aliphatic rings. The van der Waals surface area contributed by atoms with Gasteiger partial charge in [0.15, 0.2) is 11.5 Å². The highest BCUT2D eigenvalue weighted by Crippen LogP contribution is 2.21. The number of hydrogen-bond acceptors (Lipinski definition) is 4. The fourth-order valence-corrected chi connectivity index (χ4v) is 2.57. The lowest BCUT2D eigenvalue weighted by molar-refractivity contribution is 0.602. The van der Waals surface area contributed by atoms with Crippen molar-refractivity contribution in [2.75, 3.05) is 0 Å². The first-order chi connectivity index (χ1) is 11.7. The van der Waals surface area contributed by atoms with Gasteiger partial charge in [0.05, 0.1) is 0 Å². The standard InChI is InChI=1S/C20H16N2O2/c1-13(19-11-15-7-3-5-9-17(15)23-19)21-22-14(2)20-12-16-8-4-6-10-18(16)24-20/h3-12H,1-2H3/b21-13+,22-14+. The molecular weight excluding hydrogens is 300 g/mol. The first-order valence-electron chi connectivity index (χ1n) is 7.77. The Labute approximate surface area is 139 Å². The minimum absolute atomic E-state index is 0.720. The number of benzene rings is 2. The molecule has 0 spiro atoms. The normalized spacial score (nSPS) is 13.1. The summed E-state index contributed by atoms with van der Waals surface area (Å²) in [6, 6.07) is 19.7. The van der Waals surface area contributed by atoms with Crippen molar-refractivity contribution >= 4 is 33.4 Å². The zero-order valence-electron chi connectivity index (χ0n) is 13.5. The summed E-state index contributed by atoms with van der Waals surface area (Å²) in [5, 5.41) is 10.7. The average Bonchev–Trinajstić information content (AvgIpc) is 3.23. The molecule has 0 aliphatic carbocycles. The zero-order valence-corrected chi connectivity index (χ0v) is 13.5. The van der Waals surface area contributed by atoms with Crippen molar-refractivity contribution in [3.8, 4) is 0 Å². The summed E-state index contributed by atoms with van der Waals surface area (Å²) >= 11 is 0. The summed E-state index contributed by atoms with van der Waals surface area (Å²) in [4.78, 5) is 0. The van der Waals surface area contributed by atoms with Crippen molar-refractivity contribution in [1.82, 2.24) is 0 Å². The van der Waals surface area contributed by atoms with Gasteiger partial charge in [-0.3, -0.25) is 0 Å². The Morgan fingerprint density at radius 3 is 1.50 bits per heavy atom. The van der Waals surface area contributed by atoms with E-state index in [1.807, 2.05) is 74.5 Å². The quantitative estimate of drug-likeness (QED) is 0.375. The molecule has 4 aromatic rings. The molecule has 0 bridgehead atoms. The smallest absolute Gasteiger partial charge is 0.151 e. The third-order valence-electron chi connectivity index (χ3n) is 3.91. The van der Waals surface area contributed by atoms with E-state index in [-0.39, 0.29) is 0 Å². The van der Waals surface area contributed by atoms with Gasteiger partial charge in [0.25, 0.3) is 0 Å². The van der Waals surface area contributed by atoms with Gasteiger partial charge >= 0.3 is 0 Å². The van der Waals surface area contributed by atoms with E-state index in [1.165, 1.54) is 0 Å². The lowest BCUT2D eigenvalue weighted by atomic mass is 10.2. The SMILES string of the molecule is C/C(=N\N=C(/C)c1cc2ccccc2o1)c1cc2ccccc2o1. The molecule has 0 unspecified atom stereocenters. The second kappa shape index (κ2) is 5.81. The minimum Gasteiger partial charge on any atom is -0.455 e. The highest BCUT2D eigenvalue weighted by atomic mass is 16.3. The van der Waals surface area contributed by atoms with Gasteiger partial charge in [0.1, 0.15) is 22.6 Å². The maximum absolute atomic E-state index is 5.79. The minimum atomic E-state index is 0.720. The van der Waals surface area contributed by atoms with Crippen LogP contribution in [0.1, 0.15) is 25.4 Å². The molecule has 2 heterocycles. The van der Waals surface area contributed by atoms with Gasteiger partial charge < -0.3 is 8.83 Å². The van der Waals surface area contributed by atoms with Gasteiger partial charge in [-0.1, -0.05) is 36.4 Å². The summed E-state index contributed by atoms with van der Waals surface area (Å²) in [5.74, 6) is 1.44. The molecular formula is C20H16N2O2. The summed E-state index contributed by atoms with van der Waals surface area (Å²) in [7, 11) is 0. The van der Waals surface area contributed by atoms with Crippen molar-refractivity contribution in [2.45, 2.75) is 13.8 Å². The van der Waals surface area contributed by atoms with Gasteiger partial charge in [0.2, 0.25) is 0 Å². The summed E-state index contributed by atoms with van der Waals surface area (Å²) < 4.78 is 11.6. The highest BCUT2D eigenvalue weighted by molar-refractivity contribution is 6.02. The molecule has 0 amide bonds. The fourth-order valence-electron chi connectivity index (χ4n) is 2.57. The van der Waals surface area contributed by atoms with Crippen LogP contribution >= 0.6 is 0 Å². The number of rotatable bonds is 3. The van der Waals surface area contributed by atoms with E-state index in [0.717, 1.165) is 44.9 Å². The van der Waals surface area contributed by atoms with Crippen LogP contribution in [0.25, 0.3) is 21.9 Å². The van der Waals surface area contributed by atoms with Gasteiger partial charge in [-0.25, -0.2) is 0 Å². The first kappa shape index (κ1) is 14.5. The molecule has 4 rings (SSSR count). The highest BCUT2D eigenvalue weighted by Gasteiger charge is 2.08. The Morgan fingerprint density at radius 2 is 1.08 bits per heavy atom. The van der Waals surface area contributed by atoms with E-state index < -0.39 is 0 Å². The summed E-state index contributed by atoms with van der Waals surface area (Å²) in [5.41, 5.74) is 3.14. The molecule has 118 valence electrons. The van der Waals surface area contributed by atoms with Crippen LogP contribution in [0.4, 0.5) is 0 Å². The zero-order chi connectivity index (χ0) is 16.5. The molecule has 4 heteroatoms. The maximum Gasteiger partial charge on any atom is 0.151 e. The molecule has 0 fully saturated rings. The van der Waals surface area contributed by atoms with E-state index in [1.54, 1.807) is 0 Å². The molecule has 2 aromatic carbocycles. The number of para-hydroxylation sites is 2. The third kappa shape index (κ3) is 2.63. The van der Waals surface area contributed by atoms with Crippen molar-refractivity contribution < 1.29 is 8.83 Å². The van der Waals surface area contributed by atoms with Crippen LogP contribution in [0.15, 0.2) is 79.7 Å². The maximum atomic E-state index is 5.79. The van der Waals surface area contributed by atoms with E-state index in [2.05, 4.69) is 10.2 Å². The summed E-state index contributed by atoms with van der Waals surface area (Å²) in [6.07, 6.45) is 0. The van der Waals surface area contributed by atoms with Gasteiger partial charge in [0, 0.05) is 10.8 Å². The monoisotopic (exact) mass is 316 g/mol. The third-order valence-corrected chi connectivity index (χ3v) is 3.91. The predicted molar refractivity (Wildman–Crippen MR) is 96.9 cm³/mol. The molecule has 24 heavy (non-hydrogen) atoms. The van der Waals surface area contributed by atoms with E-state index in [0.29, 0.717) is 0 Å². The van der Waals surface area contributed by atoms with Crippen LogP contribution < -0.4 is 0 Å². The molecule has 0 radical (unpaired) electrons. The largest absolute Gasteiger partial charge is 0.455 e. The lowest BCUT2D eigenvalue weighted by Crippen LogP contribution is -1.94. The van der Waals surface area contributed by atoms with E-state index in [4.69, 9.17) is 8.83 Å². The topological polar surface area (TPSA) is 51.0 Å². The molecule has 0 aliphatic heterocycles. The number of hydrogen-bond donors (Lipinski definition) is 0. The molecule has 0 atom stereocenters. The van der Waals surface area contributed by atoms with E-state index in [9.17, 15) is 0 Å². The Hall–Kier alpha value is -3.14. The van der Waals surface area contributed by atoms with Crippen molar-refractivity contribution in [1.29, 1.82) is 0 Å². The predicted octanol–water partition coefficient (Wildman–Crippen LogP) is 5.41. The Bertz CT molecular complexity index is 929. The van der Waals surface area contributed by atoms with Crippen molar-refractivity contribution in [2.24, 2.45) is 10.2 Å². The second-order valence-corrected chi connectivity index (χ2v) is 5.67. The van der Waals surface area contributed by atoms with Gasteiger partial charge in [-0.2, -0.15) is 10.2 Å². The van der Waals surface area contributed by atoms with E-state index >= 15 is 0 Å². The van der Waals surface area contributed by atoms with Gasteiger partial charge in [-0.15, -0.1) is 0 Å². The molecule has 0 N–H and O–H groups in total. The number of furan rings is 2. The molecule has 2 aromatic heterocycles. The molecule has 0 saturated carbocycles. The Morgan fingerprint density at radius 1 is 0.667 bits per heavy atom. The molecule has 4 nitrogen and oxygen atoms in total. The Balaban J connectivity index is 1.65. The molecule has 0 saturated heterocycles. The van der Waals surface area contributed by atoms with Crippen molar-refractivity contribution in [3.63, 3.8) is 0 Å². The first-order valence-corrected chi connectivity index (χ1v) is 7.77. The van der Waals surface area contributed by atoms with Crippen molar-refractivity contribution in [3.05, 3.63) is 72.2 Å². The average molecular weight is 316 g/mol.